The van der Waals surface area contributed by atoms with Crippen LogP contribution in [0.4, 0.5) is 0 Å². The standard InChI is InChI=1S/C11H21N3O4/c1-8(6-12-2)11(13-3)14-10-5-4-9(17-10)7-16-18-15/h6,9-10,12,15H,4-5,7H2,1-3H3,(H,13,14)/b8-6-. The van der Waals surface area contributed by atoms with E-state index in [-0.39, 0.29) is 18.9 Å². The predicted octanol–water partition coefficient (Wildman–Crippen LogP) is 0.654. The molecule has 104 valence electrons. The van der Waals surface area contributed by atoms with E-state index >= 15 is 0 Å². The summed E-state index contributed by atoms with van der Waals surface area (Å²) in [5.74, 6) is 0.786. The fourth-order valence-electron chi connectivity index (χ4n) is 1.80. The van der Waals surface area contributed by atoms with Gasteiger partial charge in [0.2, 0.25) is 0 Å². The molecule has 0 aliphatic carbocycles. The van der Waals surface area contributed by atoms with Crippen molar-refractivity contribution in [2.75, 3.05) is 20.7 Å². The molecular weight excluding hydrogens is 238 g/mol. The Labute approximate surface area is 107 Å². The maximum Gasteiger partial charge on any atom is 0.151 e. The van der Waals surface area contributed by atoms with Gasteiger partial charge in [-0.3, -0.25) is 0 Å². The second-order valence-electron chi connectivity index (χ2n) is 3.99. The first-order valence-corrected chi connectivity index (χ1v) is 5.89. The van der Waals surface area contributed by atoms with Crippen LogP contribution in [0, 0.1) is 0 Å². The molecule has 0 aromatic carbocycles. The zero-order chi connectivity index (χ0) is 13.4. The third-order valence-electron chi connectivity index (χ3n) is 2.64. The average molecular weight is 259 g/mol. The average Bonchev–Trinajstić information content (AvgIpc) is 2.81. The van der Waals surface area contributed by atoms with E-state index in [0.717, 1.165) is 24.3 Å². The Morgan fingerprint density at radius 1 is 1.50 bits per heavy atom. The summed E-state index contributed by atoms with van der Waals surface area (Å²) in [6.07, 6.45) is 3.21. The second kappa shape index (κ2) is 8.04. The highest BCUT2D eigenvalue weighted by atomic mass is 17.5. The van der Waals surface area contributed by atoms with Crippen LogP contribution in [0.25, 0.3) is 0 Å². The first-order valence-electron chi connectivity index (χ1n) is 5.89. The quantitative estimate of drug-likeness (QED) is 0.281. The van der Waals surface area contributed by atoms with Gasteiger partial charge < -0.3 is 15.4 Å². The largest absolute Gasteiger partial charge is 0.394 e. The van der Waals surface area contributed by atoms with E-state index in [0.29, 0.717) is 0 Å². The van der Waals surface area contributed by atoms with Crippen LogP contribution >= 0.6 is 0 Å². The highest BCUT2D eigenvalue weighted by Crippen LogP contribution is 2.21. The van der Waals surface area contributed by atoms with Gasteiger partial charge in [-0.2, -0.15) is 0 Å². The van der Waals surface area contributed by atoms with E-state index in [4.69, 9.17) is 9.99 Å². The minimum Gasteiger partial charge on any atom is -0.394 e. The molecular formula is C11H21N3O4. The first kappa shape index (κ1) is 14.9. The summed E-state index contributed by atoms with van der Waals surface area (Å²) in [5, 5.41) is 17.6. The first-order chi connectivity index (χ1) is 8.71. The van der Waals surface area contributed by atoms with Gasteiger partial charge in [0, 0.05) is 25.9 Å². The fraction of sp³-hybridized carbons (Fsp3) is 0.727. The molecule has 7 nitrogen and oxygen atoms in total. The third-order valence-corrected chi connectivity index (χ3v) is 2.64. The number of likely N-dealkylation sites (N-methyl/N-ethyl adjacent to an activating group) is 1. The minimum atomic E-state index is -0.194. The van der Waals surface area contributed by atoms with Crippen LogP contribution in [0.3, 0.4) is 0 Å². The highest BCUT2D eigenvalue weighted by molar-refractivity contribution is 5.97. The van der Waals surface area contributed by atoms with Crippen molar-refractivity contribution in [3.8, 4) is 0 Å². The fourth-order valence-corrected chi connectivity index (χ4v) is 1.80. The number of hydrogen-bond donors (Lipinski definition) is 3. The molecule has 2 unspecified atom stereocenters. The second-order valence-corrected chi connectivity index (χ2v) is 3.99. The molecule has 0 bridgehead atoms. The van der Waals surface area contributed by atoms with E-state index in [1.54, 1.807) is 0 Å². The minimum absolute atomic E-state index is 0.0995. The van der Waals surface area contributed by atoms with Crippen LogP contribution in [0.5, 0.6) is 0 Å². The van der Waals surface area contributed by atoms with Crippen molar-refractivity contribution >= 4 is 5.84 Å². The van der Waals surface area contributed by atoms with Crippen LogP contribution < -0.4 is 10.6 Å². The lowest BCUT2D eigenvalue weighted by Crippen LogP contribution is -2.24. The smallest absolute Gasteiger partial charge is 0.151 e. The third kappa shape index (κ3) is 4.61. The number of hydrogen-bond acceptors (Lipinski definition) is 6. The maximum atomic E-state index is 8.08. The van der Waals surface area contributed by atoms with Crippen molar-refractivity contribution in [3.63, 3.8) is 0 Å². The van der Waals surface area contributed by atoms with Gasteiger partial charge in [-0.1, -0.05) is 5.04 Å². The molecule has 18 heavy (non-hydrogen) atoms. The Hall–Kier alpha value is -1.15. The summed E-state index contributed by atoms with van der Waals surface area (Å²) in [5.41, 5.74) is 1.00. The summed E-state index contributed by atoms with van der Waals surface area (Å²) >= 11 is 0. The molecule has 1 saturated heterocycles. The van der Waals surface area contributed by atoms with E-state index in [9.17, 15) is 0 Å². The van der Waals surface area contributed by atoms with Gasteiger partial charge in [-0.05, 0) is 19.8 Å². The van der Waals surface area contributed by atoms with Crippen LogP contribution in [0.2, 0.25) is 0 Å². The molecule has 0 amide bonds. The van der Waals surface area contributed by atoms with Crippen molar-refractivity contribution in [1.82, 2.24) is 10.6 Å². The Morgan fingerprint density at radius 2 is 2.28 bits per heavy atom. The van der Waals surface area contributed by atoms with Gasteiger partial charge in [-0.25, -0.2) is 15.1 Å². The number of nitrogens with zero attached hydrogens (tertiary/aromatic N) is 1. The molecule has 0 radical (unpaired) electrons. The van der Waals surface area contributed by atoms with Crippen molar-refractivity contribution in [3.05, 3.63) is 11.8 Å². The summed E-state index contributed by atoms with van der Waals surface area (Å²) in [6.45, 7) is 2.16. The van der Waals surface area contributed by atoms with Gasteiger partial charge in [-0.15, -0.1) is 0 Å². The Kier molecular flexibility index (Phi) is 6.66. The number of amidine groups is 1. The van der Waals surface area contributed by atoms with Gasteiger partial charge in [0.05, 0.1) is 6.10 Å². The molecule has 0 aromatic heterocycles. The summed E-state index contributed by atoms with van der Waals surface area (Å²) < 4.78 is 5.63. The topological polar surface area (TPSA) is 84.3 Å². The van der Waals surface area contributed by atoms with Crippen LogP contribution in [-0.2, 0) is 14.7 Å². The normalized spacial score (nSPS) is 25.3. The molecule has 3 N–H and O–H groups in total. The van der Waals surface area contributed by atoms with Crippen LogP contribution in [-0.4, -0.2) is 44.1 Å². The van der Waals surface area contributed by atoms with E-state index < -0.39 is 0 Å². The SMILES string of the molecule is CN/C=C(C)\C(=N/C1CCC(COOO)O1)NC. The molecule has 0 saturated carbocycles. The lowest BCUT2D eigenvalue weighted by molar-refractivity contribution is -0.494. The van der Waals surface area contributed by atoms with Gasteiger partial charge in [0.1, 0.15) is 12.4 Å². The molecule has 1 rings (SSSR count). The number of aliphatic imine (C=N–C) groups is 1. The number of ether oxygens (including phenoxy) is 1. The van der Waals surface area contributed by atoms with Crippen molar-refractivity contribution < 1.29 is 19.9 Å². The predicted molar refractivity (Wildman–Crippen MR) is 66.9 cm³/mol. The summed E-state index contributed by atoms with van der Waals surface area (Å²) in [6, 6.07) is 0. The highest BCUT2D eigenvalue weighted by Gasteiger charge is 2.25. The zero-order valence-electron chi connectivity index (χ0n) is 11.0. The van der Waals surface area contributed by atoms with Gasteiger partial charge >= 0.3 is 0 Å². The molecule has 1 heterocycles. The number of nitrogens with one attached hydrogen (secondary N) is 2. The Balaban J connectivity index is 2.52. The van der Waals surface area contributed by atoms with E-state index in [1.165, 1.54) is 0 Å². The lowest BCUT2D eigenvalue weighted by Gasteiger charge is -2.12. The molecule has 1 aliphatic heterocycles. The molecule has 1 aliphatic rings. The van der Waals surface area contributed by atoms with E-state index in [2.05, 4.69) is 25.6 Å². The lowest BCUT2D eigenvalue weighted by atomic mass is 10.2. The van der Waals surface area contributed by atoms with Crippen molar-refractivity contribution in [1.29, 1.82) is 0 Å². The molecule has 2 atom stereocenters. The number of rotatable bonds is 6. The van der Waals surface area contributed by atoms with Crippen molar-refractivity contribution in [2.45, 2.75) is 32.1 Å². The van der Waals surface area contributed by atoms with E-state index in [1.807, 2.05) is 27.2 Å². The Bertz CT molecular complexity index is 307. The van der Waals surface area contributed by atoms with Gasteiger partial charge in [0.25, 0.3) is 0 Å². The monoisotopic (exact) mass is 259 g/mol. The van der Waals surface area contributed by atoms with Crippen LogP contribution in [0.1, 0.15) is 19.8 Å². The summed E-state index contributed by atoms with van der Waals surface area (Å²) in [7, 11) is 3.66. The Morgan fingerprint density at radius 3 is 2.89 bits per heavy atom. The molecule has 0 spiro atoms. The summed E-state index contributed by atoms with van der Waals surface area (Å²) in [4.78, 5) is 8.92. The molecule has 7 heteroatoms. The van der Waals surface area contributed by atoms with Crippen molar-refractivity contribution in [2.24, 2.45) is 4.99 Å². The molecule has 1 fully saturated rings. The molecule has 0 aromatic rings. The zero-order valence-corrected chi connectivity index (χ0v) is 11.0. The maximum absolute atomic E-state index is 8.08. The van der Waals surface area contributed by atoms with Crippen LogP contribution in [0.15, 0.2) is 16.8 Å². The van der Waals surface area contributed by atoms with Gasteiger partial charge in [0.15, 0.2) is 6.23 Å².